The Balaban J connectivity index is 2.67. The van der Waals surface area contributed by atoms with E-state index in [9.17, 15) is 4.79 Å². The summed E-state index contributed by atoms with van der Waals surface area (Å²) in [6, 6.07) is 7.47. The maximum atomic E-state index is 10.7. The van der Waals surface area contributed by atoms with Crippen molar-refractivity contribution in [1.82, 2.24) is 0 Å². The molecule has 15 heavy (non-hydrogen) atoms. The molecule has 0 aromatic heterocycles. The lowest BCUT2D eigenvalue weighted by Crippen LogP contribution is -2.24. The maximum absolute atomic E-state index is 10.7. The highest BCUT2D eigenvalue weighted by Gasteiger charge is 2.13. The molecule has 0 fully saturated rings. The van der Waals surface area contributed by atoms with Gasteiger partial charge in [0, 0.05) is 6.54 Å². The Morgan fingerprint density at radius 3 is 2.33 bits per heavy atom. The van der Waals surface area contributed by atoms with Crippen LogP contribution in [-0.4, -0.2) is 12.4 Å². The van der Waals surface area contributed by atoms with Gasteiger partial charge in [-0.05, 0) is 23.6 Å². The van der Waals surface area contributed by atoms with E-state index in [-0.39, 0.29) is 12.0 Å². The number of rotatable bonds is 5. The van der Waals surface area contributed by atoms with Crippen molar-refractivity contribution in [2.45, 2.75) is 26.5 Å². The third-order valence-corrected chi connectivity index (χ3v) is 2.22. The van der Waals surface area contributed by atoms with E-state index in [0.29, 0.717) is 12.3 Å². The van der Waals surface area contributed by atoms with E-state index >= 15 is 0 Å². The summed E-state index contributed by atoms with van der Waals surface area (Å²) in [6.45, 7) is 4.42. The van der Waals surface area contributed by atoms with E-state index in [1.807, 2.05) is 38.1 Å². The van der Waals surface area contributed by atoms with Crippen molar-refractivity contribution >= 4 is 6.29 Å². The van der Waals surface area contributed by atoms with Crippen LogP contribution >= 0.6 is 0 Å². The molecule has 0 heterocycles. The summed E-state index contributed by atoms with van der Waals surface area (Å²) in [5, 5.41) is 0. The minimum Gasteiger partial charge on any atom is -0.483 e. The van der Waals surface area contributed by atoms with E-state index in [1.54, 1.807) is 0 Å². The summed E-state index contributed by atoms with van der Waals surface area (Å²) in [5.41, 5.74) is 6.53. The first-order valence-corrected chi connectivity index (χ1v) is 5.08. The lowest BCUT2D eigenvalue weighted by molar-refractivity contribution is -0.115. The molecular formula is C12H17NO2. The molecule has 1 atom stereocenters. The van der Waals surface area contributed by atoms with Gasteiger partial charge in [-0.25, -0.2) is 0 Å². The van der Waals surface area contributed by atoms with Crippen LogP contribution in [-0.2, 0) is 11.3 Å². The van der Waals surface area contributed by atoms with Crippen LogP contribution in [0.2, 0.25) is 0 Å². The van der Waals surface area contributed by atoms with Crippen molar-refractivity contribution in [1.29, 1.82) is 0 Å². The Morgan fingerprint density at radius 2 is 1.93 bits per heavy atom. The summed E-state index contributed by atoms with van der Waals surface area (Å²) in [5.74, 6) is 0.884. The lowest BCUT2D eigenvalue weighted by Gasteiger charge is -2.16. The van der Waals surface area contributed by atoms with Crippen molar-refractivity contribution in [3.05, 3.63) is 29.8 Å². The van der Waals surface area contributed by atoms with Crippen molar-refractivity contribution in [3.63, 3.8) is 0 Å². The molecule has 0 unspecified atom stereocenters. The van der Waals surface area contributed by atoms with Gasteiger partial charge in [0.2, 0.25) is 0 Å². The number of carbonyl (C=O) groups is 1. The number of hydrogen-bond donors (Lipinski definition) is 1. The van der Waals surface area contributed by atoms with Gasteiger partial charge in [-0.2, -0.15) is 0 Å². The van der Waals surface area contributed by atoms with E-state index < -0.39 is 0 Å². The number of benzene rings is 1. The van der Waals surface area contributed by atoms with Gasteiger partial charge in [0.1, 0.15) is 5.75 Å². The fraction of sp³-hybridized carbons (Fsp3) is 0.417. The number of ether oxygens (including phenoxy) is 1. The lowest BCUT2D eigenvalue weighted by atomic mass is 10.1. The fourth-order valence-corrected chi connectivity index (χ4v) is 1.18. The zero-order chi connectivity index (χ0) is 11.3. The van der Waals surface area contributed by atoms with Crippen molar-refractivity contribution in [3.8, 4) is 5.75 Å². The predicted molar refractivity (Wildman–Crippen MR) is 59.7 cm³/mol. The van der Waals surface area contributed by atoms with Crippen molar-refractivity contribution < 1.29 is 9.53 Å². The van der Waals surface area contributed by atoms with Crippen molar-refractivity contribution in [2.75, 3.05) is 0 Å². The Hall–Kier alpha value is -1.35. The van der Waals surface area contributed by atoms with Gasteiger partial charge in [-0.15, -0.1) is 0 Å². The minimum atomic E-state index is -0.381. The van der Waals surface area contributed by atoms with Crippen LogP contribution < -0.4 is 10.5 Å². The molecule has 0 saturated carbocycles. The van der Waals surface area contributed by atoms with Gasteiger partial charge in [0.05, 0.1) is 0 Å². The molecule has 0 amide bonds. The van der Waals surface area contributed by atoms with E-state index in [1.165, 1.54) is 0 Å². The van der Waals surface area contributed by atoms with E-state index in [4.69, 9.17) is 10.5 Å². The molecule has 1 rings (SSSR count). The standard InChI is InChI=1S/C12H17NO2/c1-9(2)12(8-14)15-11-5-3-10(7-13)4-6-11/h3-6,8-9,12H,7,13H2,1-2H3/t12-/m1/s1. The van der Waals surface area contributed by atoms with Crippen LogP contribution in [0, 0.1) is 5.92 Å². The Kier molecular flexibility index (Phi) is 4.31. The third-order valence-electron chi connectivity index (χ3n) is 2.22. The molecule has 0 aliphatic rings. The molecule has 0 bridgehead atoms. The normalized spacial score (nSPS) is 12.5. The van der Waals surface area contributed by atoms with Crippen LogP contribution in [0.5, 0.6) is 5.75 Å². The van der Waals surface area contributed by atoms with Crippen LogP contribution in [0.25, 0.3) is 0 Å². The summed E-state index contributed by atoms with van der Waals surface area (Å²) < 4.78 is 5.52. The van der Waals surface area contributed by atoms with E-state index in [0.717, 1.165) is 11.8 Å². The Morgan fingerprint density at radius 1 is 1.33 bits per heavy atom. The first kappa shape index (κ1) is 11.7. The SMILES string of the molecule is CC(C)[C@@H](C=O)Oc1ccc(CN)cc1. The zero-order valence-corrected chi connectivity index (χ0v) is 9.14. The Labute approximate surface area is 90.2 Å². The summed E-state index contributed by atoms with van der Waals surface area (Å²) in [6.07, 6.45) is 0.454. The number of hydrogen-bond acceptors (Lipinski definition) is 3. The molecule has 0 saturated heterocycles. The molecule has 0 radical (unpaired) electrons. The quantitative estimate of drug-likeness (QED) is 0.748. The molecule has 0 aliphatic heterocycles. The first-order chi connectivity index (χ1) is 7.17. The molecule has 0 spiro atoms. The van der Waals surface area contributed by atoms with Gasteiger partial charge >= 0.3 is 0 Å². The van der Waals surface area contributed by atoms with Crippen LogP contribution in [0.4, 0.5) is 0 Å². The monoisotopic (exact) mass is 207 g/mol. The molecule has 2 N–H and O–H groups in total. The second kappa shape index (κ2) is 5.51. The Bertz CT molecular complexity index is 306. The molecule has 3 heteroatoms. The van der Waals surface area contributed by atoms with Crippen LogP contribution in [0.15, 0.2) is 24.3 Å². The number of carbonyl (C=O) groups excluding carboxylic acids is 1. The fourth-order valence-electron chi connectivity index (χ4n) is 1.18. The third kappa shape index (κ3) is 3.36. The second-order valence-corrected chi connectivity index (χ2v) is 3.81. The van der Waals surface area contributed by atoms with E-state index in [2.05, 4.69) is 0 Å². The number of nitrogens with two attached hydrogens (primary N) is 1. The highest BCUT2D eigenvalue weighted by molar-refractivity contribution is 5.57. The van der Waals surface area contributed by atoms with Crippen LogP contribution in [0.3, 0.4) is 0 Å². The highest BCUT2D eigenvalue weighted by Crippen LogP contribution is 2.15. The smallest absolute Gasteiger partial charge is 0.160 e. The minimum absolute atomic E-state index is 0.177. The van der Waals surface area contributed by atoms with Crippen molar-refractivity contribution in [2.24, 2.45) is 11.7 Å². The topological polar surface area (TPSA) is 52.3 Å². The highest BCUT2D eigenvalue weighted by atomic mass is 16.5. The predicted octanol–water partition coefficient (Wildman–Crippen LogP) is 1.75. The van der Waals surface area contributed by atoms with Gasteiger partial charge in [-0.3, -0.25) is 4.79 Å². The van der Waals surface area contributed by atoms with Gasteiger partial charge in [0.15, 0.2) is 12.4 Å². The molecular weight excluding hydrogens is 190 g/mol. The molecule has 1 aromatic rings. The summed E-state index contributed by atoms with van der Waals surface area (Å²) in [7, 11) is 0. The molecule has 3 nitrogen and oxygen atoms in total. The second-order valence-electron chi connectivity index (χ2n) is 3.81. The first-order valence-electron chi connectivity index (χ1n) is 5.08. The molecule has 82 valence electrons. The van der Waals surface area contributed by atoms with Gasteiger partial charge in [0.25, 0.3) is 0 Å². The largest absolute Gasteiger partial charge is 0.483 e. The van der Waals surface area contributed by atoms with Gasteiger partial charge in [-0.1, -0.05) is 26.0 Å². The summed E-state index contributed by atoms with van der Waals surface area (Å²) in [4.78, 5) is 10.7. The molecule has 1 aromatic carbocycles. The molecule has 0 aliphatic carbocycles. The van der Waals surface area contributed by atoms with Gasteiger partial charge < -0.3 is 10.5 Å². The van der Waals surface area contributed by atoms with Crippen LogP contribution in [0.1, 0.15) is 19.4 Å². The number of aldehydes is 1. The average molecular weight is 207 g/mol. The maximum Gasteiger partial charge on any atom is 0.160 e. The zero-order valence-electron chi connectivity index (χ0n) is 9.14. The summed E-state index contributed by atoms with van der Waals surface area (Å²) >= 11 is 0. The average Bonchev–Trinajstić information content (AvgIpc) is 2.26.